The molecule has 7 nitrogen and oxygen atoms in total. The first-order valence-corrected chi connectivity index (χ1v) is 9.26. The number of aromatic nitrogens is 4. The molecule has 0 bridgehead atoms. The molecule has 1 aliphatic rings. The monoisotopic (exact) mass is 390 g/mol. The third kappa shape index (κ3) is 3.42. The highest BCUT2D eigenvalue weighted by Gasteiger charge is 2.23. The minimum Gasteiger partial charge on any atom is -0.377 e. The van der Waals surface area contributed by atoms with Crippen LogP contribution in [0.1, 0.15) is 13.8 Å². The van der Waals surface area contributed by atoms with Gasteiger partial charge >= 0.3 is 0 Å². The average molecular weight is 391 g/mol. The molecule has 142 valence electrons. The van der Waals surface area contributed by atoms with Crippen LogP contribution in [0.25, 0.3) is 17.0 Å². The Bertz CT molecular complexity index is 978. The standard InChI is InChI=1S/C18H20ClFN6O/c1-3-21-17-22-13-8-12(20)4-5-14(13)26(17)18-23-15(19)9-16(24-18)25-6-7-27-10-11(25)2/h4-5,8-9,11H,3,6-7,10H2,1-2H3,(H,21,22)/t11-/m1/s1. The predicted molar refractivity (Wildman–Crippen MR) is 103 cm³/mol. The predicted octanol–water partition coefficient (Wildman–Crippen LogP) is 3.26. The summed E-state index contributed by atoms with van der Waals surface area (Å²) in [4.78, 5) is 15.8. The van der Waals surface area contributed by atoms with Gasteiger partial charge in [-0.25, -0.2) is 18.9 Å². The molecule has 9 heteroatoms. The van der Waals surface area contributed by atoms with E-state index in [1.54, 1.807) is 16.7 Å². The molecular weight excluding hydrogens is 371 g/mol. The number of anilines is 2. The van der Waals surface area contributed by atoms with Crippen LogP contribution in [-0.2, 0) is 4.74 Å². The SMILES string of the molecule is CCNc1nc2cc(F)ccc2n1-c1nc(Cl)cc(N2CCOC[C@H]2C)n1. The smallest absolute Gasteiger partial charge is 0.240 e. The van der Waals surface area contributed by atoms with Crippen molar-refractivity contribution in [1.82, 2.24) is 19.5 Å². The van der Waals surface area contributed by atoms with Crippen LogP contribution in [0.5, 0.6) is 0 Å². The van der Waals surface area contributed by atoms with Gasteiger partial charge < -0.3 is 15.0 Å². The van der Waals surface area contributed by atoms with Gasteiger partial charge in [-0.15, -0.1) is 0 Å². The largest absolute Gasteiger partial charge is 0.377 e. The lowest BCUT2D eigenvalue weighted by Crippen LogP contribution is -2.44. The van der Waals surface area contributed by atoms with E-state index in [-0.39, 0.29) is 11.9 Å². The first kappa shape index (κ1) is 17.9. The van der Waals surface area contributed by atoms with E-state index in [9.17, 15) is 4.39 Å². The highest BCUT2D eigenvalue weighted by atomic mass is 35.5. The Labute approximate surface area is 161 Å². The molecule has 0 amide bonds. The second kappa shape index (κ2) is 7.28. The van der Waals surface area contributed by atoms with Crippen molar-refractivity contribution in [3.05, 3.63) is 35.2 Å². The molecule has 1 N–H and O–H groups in total. The number of benzene rings is 1. The summed E-state index contributed by atoms with van der Waals surface area (Å²) in [6.07, 6.45) is 0. The molecule has 0 radical (unpaired) electrons. The molecular formula is C18H20ClFN6O. The fraction of sp³-hybridized carbons (Fsp3) is 0.389. The van der Waals surface area contributed by atoms with Gasteiger partial charge in [-0.1, -0.05) is 11.6 Å². The maximum Gasteiger partial charge on any atom is 0.240 e. The fourth-order valence-electron chi connectivity index (χ4n) is 3.24. The normalized spacial score (nSPS) is 17.5. The summed E-state index contributed by atoms with van der Waals surface area (Å²) in [5.41, 5.74) is 1.23. The lowest BCUT2D eigenvalue weighted by Gasteiger charge is -2.34. The highest BCUT2D eigenvalue weighted by molar-refractivity contribution is 6.29. The minimum atomic E-state index is -0.343. The van der Waals surface area contributed by atoms with Crippen LogP contribution in [0.4, 0.5) is 16.2 Å². The van der Waals surface area contributed by atoms with Crippen LogP contribution in [0, 0.1) is 5.82 Å². The first-order valence-electron chi connectivity index (χ1n) is 8.88. The third-order valence-corrected chi connectivity index (χ3v) is 4.68. The van der Waals surface area contributed by atoms with Gasteiger partial charge in [0.25, 0.3) is 0 Å². The van der Waals surface area contributed by atoms with E-state index >= 15 is 0 Å². The second-order valence-electron chi connectivity index (χ2n) is 6.40. The molecule has 3 heterocycles. The summed E-state index contributed by atoms with van der Waals surface area (Å²) in [6.45, 7) is 6.69. The number of hydrogen-bond acceptors (Lipinski definition) is 6. The van der Waals surface area contributed by atoms with Crippen molar-refractivity contribution in [1.29, 1.82) is 0 Å². The molecule has 1 saturated heterocycles. The Morgan fingerprint density at radius 2 is 2.15 bits per heavy atom. The van der Waals surface area contributed by atoms with Gasteiger partial charge in [-0.05, 0) is 26.0 Å². The van der Waals surface area contributed by atoms with Gasteiger partial charge in [0.15, 0.2) is 0 Å². The number of fused-ring (bicyclic) bond motifs is 1. The Hall–Kier alpha value is -2.45. The maximum absolute atomic E-state index is 13.6. The van der Waals surface area contributed by atoms with Crippen molar-refractivity contribution in [2.45, 2.75) is 19.9 Å². The summed E-state index contributed by atoms with van der Waals surface area (Å²) in [7, 11) is 0. The highest BCUT2D eigenvalue weighted by Crippen LogP contribution is 2.27. The quantitative estimate of drug-likeness (QED) is 0.689. The molecule has 3 aromatic rings. The summed E-state index contributed by atoms with van der Waals surface area (Å²) in [5.74, 6) is 1.32. The third-order valence-electron chi connectivity index (χ3n) is 4.48. The van der Waals surface area contributed by atoms with E-state index in [2.05, 4.69) is 27.1 Å². The molecule has 1 fully saturated rings. The van der Waals surface area contributed by atoms with E-state index < -0.39 is 0 Å². The van der Waals surface area contributed by atoms with Crippen molar-refractivity contribution in [2.24, 2.45) is 0 Å². The molecule has 4 rings (SSSR count). The zero-order chi connectivity index (χ0) is 19.0. The second-order valence-corrected chi connectivity index (χ2v) is 6.79. The number of imidazole rings is 1. The number of nitrogens with one attached hydrogen (secondary N) is 1. The number of rotatable bonds is 4. The lowest BCUT2D eigenvalue weighted by molar-refractivity contribution is 0.0985. The molecule has 1 atom stereocenters. The van der Waals surface area contributed by atoms with Crippen LogP contribution in [0.15, 0.2) is 24.3 Å². The van der Waals surface area contributed by atoms with E-state index in [1.807, 2.05) is 6.92 Å². The van der Waals surface area contributed by atoms with Crippen LogP contribution in [0.2, 0.25) is 5.15 Å². The van der Waals surface area contributed by atoms with Gasteiger partial charge in [-0.2, -0.15) is 4.98 Å². The number of halogens is 2. The van der Waals surface area contributed by atoms with E-state index in [0.29, 0.717) is 47.8 Å². The Balaban J connectivity index is 1.86. The van der Waals surface area contributed by atoms with Gasteiger partial charge in [0, 0.05) is 25.2 Å². The van der Waals surface area contributed by atoms with E-state index in [4.69, 9.17) is 21.3 Å². The maximum atomic E-state index is 13.6. The average Bonchev–Trinajstić information content (AvgIpc) is 2.99. The molecule has 1 aliphatic heterocycles. The molecule has 2 aromatic heterocycles. The van der Waals surface area contributed by atoms with Crippen molar-refractivity contribution in [3.63, 3.8) is 0 Å². The van der Waals surface area contributed by atoms with Crippen molar-refractivity contribution < 1.29 is 9.13 Å². The van der Waals surface area contributed by atoms with Crippen LogP contribution in [-0.4, -0.2) is 51.9 Å². The first-order chi connectivity index (χ1) is 13.1. The number of hydrogen-bond donors (Lipinski definition) is 1. The Morgan fingerprint density at radius 1 is 1.30 bits per heavy atom. The van der Waals surface area contributed by atoms with Gasteiger partial charge in [-0.3, -0.25) is 0 Å². The molecule has 27 heavy (non-hydrogen) atoms. The number of morpholine rings is 1. The van der Waals surface area contributed by atoms with Crippen LogP contribution >= 0.6 is 11.6 Å². The number of nitrogens with zero attached hydrogens (tertiary/aromatic N) is 5. The summed E-state index contributed by atoms with van der Waals surface area (Å²) in [5, 5.41) is 3.52. The van der Waals surface area contributed by atoms with Crippen LogP contribution < -0.4 is 10.2 Å². The summed E-state index contributed by atoms with van der Waals surface area (Å²) < 4.78 is 20.9. The van der Waals surface area contributed by atoms with E-state index in [0.717, 1.165) is 12.4 Å². The van der Waals surface area contributed by atoms with Gasteiger partial charge in [0.2, 0.25) is 11.9 Å². The van der Waals surface area contributed by atoms with Gasteiger partial charge in [0.1, 0.15) is 16.8 Å². The van der Waals surface area contributed by atoms with Crippen LogP contribution in [0.3, 0.4) is 0 Å². The molecule has 0 unspecified atom stereocenters. The zero-order valence-electron chi connectivity index (χ0n) is 15.1. The summed E-state index contributed by atoms with van der Waals surface area (Å²) in [6, 6.07) is 6.38. The van der Waals surface area contributed by atoms with E-state index in [1.165, 1.54) is 12.1 Å². The topological polar surface area (TPSA) is 68.1 Å². The Morgan fingerprint density at radius 3 is 2.93 bits per heavy atom. The van der Waals surface area contributed by atoms with Crippen molar-refractivity contribution in [3.8, 4) is 5.95 Å². The molecule has 0 aliphatic carbocycles. The van der Waals surface area contributed by atoms with Crippen molar-refractivity contribution >= 4 is 34.4 Å². The molecule has 0 spiro atoms. The van der Waals surface area contributed by atoms with Gasteiger partial charge in [0.05, 0.1) is 30.3 Å². The fourth-order valence-corrected chi connectivity index (χ4v) is 3.41. The lowest BCUT2D eigenvalue weighted by atomic mass is 10.2. The zero-order valence-corrected chi connectivity index (χ0v) is 15.9. The molecule has 1 aromatic carbocycles. The Kier molecular flexibility index (Phi) is 4.84. The van der Waals surface area contributed by atoms with Crippen molar-refractivity contribution in [2.75, 3.05) is 36.5 Å². The summed E-state index contributed by atoms with van der Waals surface area (Å²) >= 11 is 6.32. The molecule has 0 saturated carbocycles. The minimum absolute atomic E-state index is 0.180. The number of ether oxygens (including phenoxy) is 1.